The van der Waals surface area contributed by atoms with Crippen LogP contribution in [0, 0.1) is 0 Å². The lowest BCUT2D eigenvalue weighted by atomic mass is 9.69. The summed E-state index contributed by atoms with van der Waals surface area (Å²) in [4.78, 5) is 15.7. The van der Waals surface area contributed by atoms with Crippen molar-refractivity contribution in [2.24, 2.45) is 0 Å². The lowest BCUT2D eigenvalue weighted by molar-refractivity contribution is 0.0697. The first-order chi connectivity index (χ1) is 16.0. The maximum absolute atomic E-state index is 11.1. The third-order valence-electron chi connectivity index (χ3n) is 6.72. The van der Waals surface area contributed by atoms with E-state index >= 15 is 0 Å². The van der Waals surface area contributed by atoms with Crippen LogP contribution in [0.5, 0.6) is 0 Å². The van der Waals surface area contributed by atoms with Gasteiger partial charge in [-0.25, -0.2) is 4.79 Å². The first-order valence-corrected chi connectivity index (χ1v) is 11.9. The van der Waals surface area contributed by atoms with Crippen molar-refractivity contribution in [3.63, 3.8) is 0 Å². The van der Waals surface area contributed by atoms with Gasteiger partial charge in [-0.2, -0.15) is 4.98 Å². The fraction of sp³-hybridized carbons (Fsp3) is 0.444. The highest BCUT2D eigenvalue weighted by Crippen LogP contribution is 2.42. The van der Waals surface area contributed by atoms with Crippen LogP contribution in [0.25, 0.3) is 22.8 Å². The highest BCUT2D eigenvalue weighted by Gasteiger charge is 2.31. The summed E-state index contributed by atoms with van der Waals surface area (Å²) in [6.07, 6.45) is 8.23. The van der Waals surface area contributed by atoms with E-state index in [1.807, 2.05) is 6.92 Å². The van der Waals surface area contributed by atoms with Crippen molar-refractivity contribution in [1.82, 2.24) is 10.1 Å². The smallest absolute Gasteiger partial charge is 0.335 e. The van der Waals surface area contributed by atoms with E-state index in [1.54, 1.807) is 24.3 Å². The molecule has 0 aliphatic heterocycles. The molecular formula is C27H32N2O4. The topological polar surface area (TPSA) is 85.5 Å². The molecule has 6 heteroatoms. The maximum atomic E-state index is 11.1. The Hall–Kier alpha value is -2.99. The molecule has 33 heavy (non-hydrogen) atoms. The monoisotopic (exact) mass is 448 g/mol. The lowest BCUT2D eigenvalue weighted by Crippen LogP contribution is -2.26. The first-order valence-electron chi connectivity index (χ1n) is 11.9. The third-order valence-corrected chi connectivity index (χ3v) is 6.72. The number of hydrogen-bond acceptors (Lipinski definition) is 5. The van der Waals surface area contributed by atoms with Crippen molar-refractivity contribution in [2.75, 3.05) is 13.2 Å². The second-order valence-electron chi connectivity index (χ2n) is 9.10. The van der Waals surface area contributed by atoms with Crippen molar-refractivity contribution >= 4 is 5.97 Å². The standard InChI is InChI=1S/C27H32N2O4/c1-3-32-17-7-8-19-9-14-22(18-23(19)27(2)15-5-4-6-16-27)24-28-25(33-29-24)20-10-12-21(13-11-20)26(30)31/h9-14,18H,3-8,15-17H2,1-2H3,(H,30,31). The van der Waals surface area contributed by atoms with Crippen molar-refractivity contribution in [3.05, 3.63) is 59.2 Å². The minimum Gasteiger partial charge on any atom is -0.478 e. The summed E-state index contributed by atoms with van der Waals surface area (Å²) in [7, 11) is 0. The van der Waals surface area contributed by atoms with Crippen LogP contribution in [0.4, 0.5) is 0 Å². The maximum Gasteiger partial charge on any atom is 0.335 e. The van der Waals surface area contributed by atoms with Crippen molar-refractivity contribution < 1.29 is 19.2 Å². The van der Waals surface area contributed by atoms with Crippen molar-refractivity contribution in [1.29, 1.82) is 0 Å². The van der Waals surface area contributed by atoms with Crippen LogP contribution in [0.3, 0.4) is 0 Å². The number of carboxylic acids is 1. The number of nitrogens with zero attached hydrogens (tertiary/aromatic N) is 2. The minimum atomic E-state index is -0.960. The Kier molecular flexibility index (Phi) is 7.23. The number of carbonyl (C=O) groups is 1. The molecule has 0 radical (unpaired) electrons. The molecule has 174 valence electrons. The summed E-state index contributed by atoms with van der Waals surface area (Å²) in [6.45, 7) is 5.96. The van der Waals surface area contributed by atoms with Gasteiger partial charge >= 0.3 is 5.97 Å². The fourth-order valence-corrected chi connectivity index (χ4v) is 4.82. The van der Waals surface area contributed by atoms with Gasteiger partial charge in [0.2, 0.25) is 5.82 Å². The van der Waals surface area contributed by atoms with Crippen LogP contribution in [0.15, 0.2) is 47.0 Å². The van der Waals surface area contributed by atoms with Gasteiger partial charge in [0.1, 0.15) is 0 Å². The molecule has 0 bridgehead atoms. The Morgan fingerprint density at radius 2 is 1.82 bits per heavy atom. The number of benzene rings is 2. The number of aromatic carboxylic acids is 1. The molecule has 0 saturated heterocycles. The molecule has 0 unspecified atom stereocenters. The van der Waals surface area contributed by atoms with Crippen LogP contribution in [0.1, 0.15) is 73.9 Å². The average molecular weight is 449 g/mol. The predicted molar refractivity (Wildman–Crippen MR) is 127 cm³/mol. The number of rotatable bonds is 9. The molecule has 1 saturated carbocycles. The zero-order valence-electron chi connectivity index (χ0n) is 19.5. The molecule has 4 rings (SSSR count). The summed E-state index contributed by atoms with van der Waals surface area (Å²) in [5.41, 5.74) is 4.82. The van der Waals surface area contributed by atoms with Gasteiger partial charge in [-0.05, 0) is 79.5 Å². The zero-order valence-corrected chi connectivity index (χ0v) is 19.5. The second-order valence-corrected chi connectivity index (χ2v) is 9.10. The highest BCUT2D eigenvalue weighted by atomic mass is 16.5. The lowest BCUT2D eigenvalue weighted by Gasteiger charge is -2.36. The number of aryl methyl sites for hydroxylation is 1. The van der Waals surface area contributed by atoms with E-state index in [-0.39, 0.29) is 11.0 Å². The summed E-state index contributed by atoms with van der Waals surface area (Å²) >= 11 is 0. The molecule has 1 N–H and O–H groups in total. The van der Waals surface area contributed by atoms with Gasteiger partial charge in [-0.15, -0.1) is 0 Å². The van der Waals surface area contributed by atoms with Gasteiger partial charge in [0.05, 0.1) is 5.56 Å². The molecule has 1 fully saturated rings. The Balaban J connectivity index is 1.62. The molecule has 1 aliphatic rings. The summed E-state index contributed by atoms with van der Waals surface area (Å²) in [5.74, 6) is -0.0279. The number of aromatic nitrogens is 2. The molecule has 0 atom stereocenters. The van der Waals surface area contributed by atoms with Crippen LogP contribution < -0.4 is 0 Å². The first kappa shape index (κ1) is 23.2. The van der Waals surface area contributed by atoms with Gasteiger partial charge in [0, 0.05) is 24.3 Å². The van der Waals surface area contributed by atoms with Crippen LogP contribution in [0.2, 0.25) is 0 Å². The van der Waals surface area contributed by atoms with E-state index in [2.05, 4.69) is 35.3 Å². The van der Waals surface area contributed by atoms with Gasteiger partial charge < -0.3 is 14.4 Å². The molecule has 0 spiro atoms. The molecule has 6 nitrogen and oxygen atoms in total. The van der Waals surface area contributed by atoms with E-state index in [4.69, 9.17) is 14.4 Å². The Morgan fingerprint density at radius 3 is 2.52 bits per heavy atom. The fourth-order valence-electron chi connectivity index (χ4n) is 4.82. The minimum absolute atomic E-state index is 0.161. The van der Waals surface area contributed by atoms with Gasteiger partial charge in [0.15, 0.2) is 0 Å². The number of carboxylic acid groups (broad SMARTS) is 1. The summed E-state index contributed by atoms with van der Waals surface area (Å²) < 4.78 is 11.1. The summed E-state index contributed by atoms with van der Waals surface area (Å²) in [6, 6.07) is 13.0. The summed E-state index contributed by atoms with van der Waals surface area (Å²) in [5, 5.41) is 13.3. The SMILES string of the molecule is CCOCCCc1ccc(-c2noc(-c3ccc(C(=O)O)cc3)n2)cc1C1(C)CCCCC1. The largest absolute Gasteiger partial charge is 0.478 e. The van der Waals surface area contributed by atoms with Crippen LogP contribution >= 0.6 is 0 Å². The van der Waals surface area contributed by atoms with Crippen LogP contribution in [-0.4, -0.2) is 34.4 Å². The molecule has 2 aromatic carbocycles. The third kappa shape index (κ3) is 5.33. The van der Waals surface area contributed by atoms with E-state index in [1.165, 1.54) is 43.2 Å². The molecular weight excluding hydrogens is 416 g/mol. The highest BCUT2D eigenvalue weighted by molar-refractivity contribution is 5.88. The molecule has 3 aromatic rings. The Labute approximate surface area is 195 Å². The molecule has 0 amide bonds. The molecule has 1 aliphatic carbocycles. The molecule has 1 aromatic heterocycles. The van der Waals surface area contributed by atoms with Gasteiger partial charge in [-0.1, -0.05) is 43.5 Å². The van der Waals surface area contributed by atoms with Crippen LogP contribution in [-0.2, 0) is 16.6 Å². The van der Waals surface area contributed by atoms with E-state index in [9.17, 15) is 4.79 Å². The average Bonchev–Trinajstić information content (AvgIpc) is 3.33. The Morgan fingerprint density at radius 1 is 1.09 bits per heavy atom. The van der Waals surface area contributed by atoms with Crippen molar-refractivity contribution in [3.8, 4) is 22.8 Å². The number of ether oxygens (including phenoxy) is 1. The molecule has 1 heterocycles. The normalized spacial score (nSPS) is 15.5. The quantitative estimate of drug-likeness (QED) is 0.387. The van der Waals surface area contributed by atoms with Gasteiger partial charge in [0.25, 0.3) is 5.89 Å². The van der Waals surface area contributed by atoms with E-state index in [0.717, 1.165) is 31.6 Å². The van der Waals surface area contributed by atoms with E-state index in [0.29, 0.717) is 17.3 Å². The van der Waals surface area contributed by atoms with Gasteiger partial charge in [-0.3, -0.25) is 0 Å². The zero-order chi connectivity index (χ0) is 23.3. The van der Waals surface area contributed by atoms with Crippen molar-refractivity contribution in [2.45, 2.75) is 64.2 Å². The Bertz CT molecular complexity index is 1080. The predicted octanol–water partition coefficient (Wildman–Crippen LogP) is 6.29. The van der Waals surface area contributed by atoms with E-state index < -0.39 is 5.97 Å². The second kappa shape index (κ2) is 10.3. The number of hydrogen-bond donors (Lipinski definition) is 1.